The summed E-state index contributed by atoms with van der Waals surface area (Å²) in [6, 6.07) is 8.55. The van der Waals surface area contributed by atoms with Gasteiger partial charge in [-0.1, -0.05) is 30.3 Å². The molecule has 0 amide bonds. The van der Waals surface area contributed by atoms with E-state index in [1.54, 1.807) is 6.92 Å². The molecule has 1 aromatic carbocycles. The minimum Gasteiger partial charge on any atom is -0.465 e. The summed E-state index contributed by atoms with van der Waals surface area (Å²) < 4.78 is 31.2. The lowest BCUT2D eigenvalue weighted by molar-refractivity contribution is -0.147. The van der Waals surface area contributed by atoms with Crippen LogP contribution in [0.4, 0.5) is 0 Å². The van der Waals surface area contributed by atoms with Crippen LogP contribution in [0.5, 0.6) is 0 Å². The van der Waals surface area contributed by atoms with E-state index in [2.05, 4.69) is 0 Å². The van der Waals surface area contributed by atoms with Gasteiger partial charge in [0.05, 0.1) is 12.4 Å². The van der Waals surface area contributed by atoms with E-state index in [1.807, 2.05) is 30.3 Å². The third-order valence-electron chi connectivity index (χ3n) is 3.21. The van der Waals surface area contributed by atoms with E-state index in [9.17, 15) is 13.2 Å². The second kappa shape index (κ2) is 7.29. The van der Waals surface area contributed by atoms with Crippen molar-refractivity contribution in [3.63, 3.8) is 0 Å². The zero-order valence-electron chi connectivity index (χ0n) is 11.9. The molecule has 1 aromatic rings. The number of sulfonamides is 1. The first-order valence-electron chi connectivity index (χ1n) is 6.82. The van der Waals surface area contributed by atoms with Crippen molar-refractivity contribution >= 4 is 27.8 Å². The predicted molar refractivity (Wildman–Crippen MR) is 83.5 cm³/mol. The fourth-order valence-corrected chi connectivity index (χ4v) is 5.39. The predicted octanol–water partition coefficient (Wildman–Crippen LogP) is 1.50. The molecule has 116 valence electrons. The molecule has 0 aromatic heterocycles. The van der Waals surface area contributed by atoms with Crippen LogP contribution in [0.25, 0.3) is 0 Å². The highest BCUT2D eigenvalue weighted by atomic mass is 32.2. The van der Waals surface area contributed by atoms with Gasteiger partial charge >= 0.3 is 5.97 Å². The van der Waals surface area contributed by atoms with E-state index >= 15 is 0 Å². The second-order valence-electron chi connectivity index (χ2n) is 4.69. The number of esters is 1. The maximum absolute atomic E-state index is 12.4. The van der Waals surface area contributed by atoms with Crippen LogP contribution >= 0.6 is 11.8 Å². The summed E-state index contributed by atoms with van der Waals surface area (Å²) in [5, 5.41) is 0. The summed E-state index contributed by atoms with van der Waals surface area (Å²) in [5.74, 6) is 0.529. The lowest BCUT2D eigenvalue weighted by Gasteiger charge is -2.26. The average Bonchev–Trinajstić information content (AvgIpc) is 2.60. The van der Waals surface area contributed by atoms with Gasteiger partial charge in [-0.05, 0) is 12.5 Å². The highest BCUT2D eigenvalue weighted by molar-refractivity contribution is 8.00. The van der Waals surface area contributed by atoms with Crippen molar-refractivity contribution in [1.82, 2.24) is 4.31 Å². The van der Waals surface area contributed by atoms with E-state index in [4.69, 9.17) is 4.74 Å². The molecule has 0 unspecified atom stereocenters. The van der Waals surface area contributed by atoms with Crippen molar-refractivity contribution < 1.29 is 17.9 Å². The maximum Gasteiger partial charge on any atom is 0.325 e. The standard InChI is InChI=1S/C14H19NO4S2/c1-2-19-14(16)13-11-20-8-9-21(17,18)15(13)10-12-6-4-3-5-7-12/h3-7,13H,2,8-11H2,1H3/t13-/m0/s1. The van der Waals surface area contributed by atoms with Crippen LogP contribution < -0.4 is 0 Å². The third kappa shape index (κ3) is 4.21. The van der Waals surface area contributed by atoms with Crippen molar-refractivity contribution in [1.29, 1.82) is 0 Å². The molecule has 21 heavy (non-hydrogen) atoms. The van der Waals surface area contributed by atoms with Gasteiger partial charge in [-0.2, -0.15) is 16.1 Å². The monoisotopic (exact) mass is 329 g/mol. The topological polar surface area (TPSA) is 63.7 Å². The first kappa shape index (κ1) is 16.3. The van der Waals surface area contributed by atoms with Gasteiger partial charge in [0.2, 0.25) is 10.0 Å². The molecule has 1 saturated heterocycles. The summed E-state index contributed by atoms with van der Waals surface area (Å²) in [6.07, 6.45) is 0. The van der Waals surface area contributed by atoms with Gasteiger partial charge in [-0.3, -0.25) is 4.79 Å². The fraction of sp³-hybridized carbons (Fsp3) is 0.500. The average molecular weight is 329 g/mol. The fourth-order valence-electron chi connectivity index (χ4n) is 2.15. The van der Waals surface area contributed by atoms with Gasteiger partial charge in [-0.15, -0.1) is 0 Å². The Bertz CT molecular complexity index is 574. The Morgan fingerprint density at radius 3 is 2.76 bits per heavy atom. The number of ether oxygens (including phenoxy) is 1. The molecule has 0 bridgehead atoms. The van der Waals surface area contributed by atoms with E-state index in [0.717, 1.165) is 5.56 Å². The molecule has 1 heterocycles. The zero-order chi connectivity index (χ0) is 15.3. The highest BCUT2D eigenvalue weighted by Crippen LogP contribution is 2.23. The van der Waals surface area contributed by atoms with Crippen molar-refractivity contribution in [3.05, 3.63) is 35.9 Å². The summed E-state index contributed by atoms with van der Waals surface area (Å²) in [6.45, 7) is 2.17. The molecule has 7 heteroatoms. The third-order valence-corrected chi connectivity index (χ3v) is 6.33. The number of hydrogen-bond acceptors (Lipinski definition) is 5. The quantitative estimate of drug-likeness (QED) is 0.783. The Morgan fingerprint density at radius 1 is 1.38 bits per heavy atom. The molecule has 1 aliphatic heterocycles. The van der Waals surface area contributed by atoms with E-state index < -0.39 is 22.0 Å². The Kier molecular flexibility index (Phi) is 5.66. The van der Waals surface area contributed by atoms with Crippen molar-refractivity contribution in [2.45, 2.75) is 19.5 Å². The van der Waals surface area contributed by atoms with E-state index in [1.165, 1.54) is 16.1 Å². The number of nitrogens with zero attached hydrogens (tertiary/aromatic N) is 1. The van der Waals surface area contributed by atoms with Crippen molar-refractivity contribution in [3.8, 4) is 0 Å². The number of carbonyl (C=O) groups is 1. The molecule has 0 radical (unpaired) electrons. The van der Waals surface area contributed by atoms with Crippen LogP contribution in [0.2, 0.25) is 0 Å². The van der Waals surface area contributed by atoms with E-state index in [-0.39, 0.29) is 18.9 Å². The number of benzene rings is 1. The highest BCUT2D eigenvalue weighted by Gasteiger charge is 2.37. The molecule has 1 fully saturated rings. The van der Waals surface area contributed by atoms with Crippen molar-refractivity contribution in [2.24, 2.45) is 0 Å². The molecule has 1 atom stereocenters. The van der Waals surface area contributed by atoms with Gasteiger partial charge in [0.1, 0.15) is 6.04 Å². The summed E-state index contributed by atoms with van der Waals surface area (Å²) in [5.41, 5.74) is 0.863. The molecule has 1 aliphatic rings. The van der Waals surface area contributed by atoms with Crippen LogP contribution in [0.15, 0.2) is 30.3 Å². The Hall–Kier alpha value is -1.05. The molecule has 0 saturated carbocycles. The van der Waals surface area contributed by atoms with Gasteiger partial charge < -0.3 is 4.74 Å². The van der Waals surface area contributed by atoms with Gasteiger partial charge in [-0.25, -0.2) is 8.42 Å². The summed E-state index contributed by atoms with van der Waals surface area (Å²) >= 11 is 1.47. The van der Waals surface area contributed by atoms with Crippen LogP contribution in [-0.4, -0.2) is 48.6 Å². The molecular formula is C14H19NO4S2. The summed E-state index contributed by atoms with van der Waals surface area (Å²) in [4.78, 5) is 12.1. The van der Waals surface area contributed by atoms with Gasteiger partial charge in [0, 0.05) is 18.1 Å². The van der Waals surface area contributed by atoms with Crippen LogP contribution in [0, 0.1) is 0 Å². The molecular weight excluding hydrogens is 310 g/mol. The maximum atomic E-state index is 12.4. The lowest BCUT2D eigenvalue weighted by Crippen LogP contribution is -2.46. The molecule has 0 spiro atoms. The van der Waals surface area contributed by atoms with Gasteiger partial charge in [0.15, 0.2) is 0 Å². The second-order valence-corrected chi connectivity index (χ2v) is 7.88. The number of hydrogen-bond donors (Lipinski definition) is 0. The molecule has 5 nitrogen and oxygen atoms in total. The SMILES string of the molecule is CCOC(=O)[C@@H]1CSCCS(=O)(=O)N1Cc1ccccc1. The smallest absolute Gasteiger partial charge is 0.325 e. The summed E-state index contributed by atoms with van der Waals surface area (Å²) in [7, 11) is -3.46. The molecule has 2 rings (SSSR count). The molecule has 0 N–H and O–H groups in total. The first-order valence-corrected chi connectivity index (χ1v) is 9.59. The van der Waals surface area contributed by atoms with Crippen LogP contribution in [-0.2, 0) is 26.1 Å². The normalized spacial score (nSPS) is 22.4. The minimum absolute atomic E-state index is 0.0560. The number of carbonyl (C=O) groups excluding carboxylic acids is 1. The Balaban J connectivity index is 2.29. The Labute approximate surface area is 129 Å². The largest absolute Gasteiger partial charge is 0.465 e. The van der Waals surface area contributed by atoms with Crippen LogP contribution in [0.1, 0.15) is 12.5 Å². The van der Waals surface area contributed by atoms with Gasteiger partial charge in [0.25, 0.3) is 0 Å². The number of rotatable bonds is 4. The van der Waals surface area contributed by atoms with Crippen LogP contribution in [0.3, 0.4) is 0 Å². The minimum atomic E-state index is -3.46. The first-order chi connectivity index (χ1) is 10.0. The van der Waals surface area contributed by atoms with E-state index in [0.29, 0.717) is 11.5 Å². The molecule has 0 aliphatic carbocycles. The zero-order valence-corrected chi connectivity index (χ0v) is 13.5. The Morgan fingerprint density at radius 2 is 2.10 bits per heavy atom. The number of thioether (sulfide) groups is 1. The van der Waals surface area contributed by atoms with Crippen molar-refractivity contribution in [2.75, 3.05) is 23.9 Å². The lowest BCUT2D eigenvalue weighted by atomic mass is 10.2.